The molecular weight excluding hydrogens is 214 g/mol. The van der Waals surface area contributed by atoms with Gasteiger partial charge in [0.2, 0.25) is 0 Å². The Morgan fingerprint density at radius 1 is 1.24 bits per heavy atom. The van der Waals surface area contributed by atoms with Crippen molar-refractivity contribution in [3.05, 3.63) is 29.8 Å². The molecule has 3 nitrogen and oxygen atoms in total. The van der Waals surface area contributed by atoms with Crippen molar-refractivity contribution in [3.8, 4) is 5.75 Å². The first-order valence-corrected chi connectivity index (χ1v) is 6.23. The zero-order chi connectivity index (χ0) is 12.5. The second-order valence-electron chi connectivity index (χ2n) is 4.29. The van der Waals surface area contributed by atoms with Gasteiger partial charge in [0.15, 0.2) is 0 Å². The molecule has 1 aromatic carbocycles. The Kier molecular flexibility index (Phi) is 6.67. The van der Waals surface area contributed by atoms with Gasteiger partial charge in [-0.1, -0.05) is 12.1 Å². The van der Waals surface area contributed by atoms with E-state index in [9.17, 15) is 0 Å². The summed E-state index contributed by atoms with van der Waals surface area (Å²) in [6.07, 6.45) is 2.18. The molecule has 0 saturated heterocycles. The van der Waals surface area contributed by atoms with E-state index in [0.29, 0.717) is 6.54 Å². The summed E-state index contributed by atoms with van der Waals surface area (Å²) in [5.74, 6) is 0.946. The first kappa shape index (κ1) is 14.0. The Labute approximate surface area is 104 Å². The minimum absolute atomic E-state index is 0.160. The monoisotopic (exact) mass is 237 g/mol. The third kappa shape index (κ3) is 6.29. The minimum atomic E-state index is 0.160. The van der Waals surface area contributed by atoms with Crippen LogP contribution in [0.25, 0.3) is 0 Å². The van der Waals surface area contributed by atoms with Crippen LogP contribution in [0.2, 0.25) is 0 Å². The number of hydrogen-bond donors (Lipinski definition) is 1. The lowest BCUT2D eigenvalue weighted by atomic mass is 10.2. The Bertz CT molecular complexity index is 315. The van der Waals surface area contributed by atoms with Crippen LogP contribution in [0, 0.1) is 6.92 Å². The van der Waals surface area contributed by atoms with Gasteiger partial charge in [0.25, 0.3) is 0 Å². The Balaban J connectivity index is 2.05. The molecule has 0 bridgehead atoms. The zero-order valence-corrected chi connectivity index (χ0v) is 10.8. The standard InChI is InChI=1S/C14H23NO2/c1-12-6-5-7-14(10-12)17-9-4-3-8-16-13(2)11-15/h5-7,10,13H,3-4,8-9,11,15H2,1-2H3. The van der Waals surface area contributed by atoms with Crippen LogP contribution >= 0.6 is 0 Å². The molecule has 3 heteroatoms. The zero-order valence-electron chi connectivity index (χ0n) is 10.8. The van der Waals surface area contributed by atoms with Crippen molar-refractivity contribution in [2.45, 2.75) is 32.8 Å². The molecule has 17 heavy (non-hydrogen) atoms. The molecular formula is C14H23NO2. The van der Waals surface area contributed by atoms with Crippen LogP contribution in [-0.4, -0.2) is 25.9 Å². The molecule has 1 unspecified atom stereocenters. The predicted molar refractivity (Wildman–Crippen MR) is 70.4 cm³/mol. The lowest BCUT2D eigenvalue weighted by Gasteiger charge is -2.10. The van der Waals surface area contributed by atoms with Crippen molar-refractivity contribution >= 4 is 0 Å². The van der Waals surface area contributed by atoms with Gasteiger partial charge in [0.05, 0.1) is 12.7 Å². The number of aryl methyl sites for hydroxylation is 1. The molecule has 0 fully saturated rings. The summed E-state index contributed by atoms with van der Waals surface area (Å²) in [7, 11) is 0. The van der Waals surface area contributed by atoms with E-state index in [0.717, 1.165) is 31.8 Å². The molecule has 0 amide bonds. The summed E-state index contributed by atoms with van der Waals surface area (Å²) in [6, 6.07) is 8.11. The summed E-state index contributed by atoms with van der Waals surface area (Å²) in [4.78, 5) is 0. The molecule has 2 N–H and O–H groups in total. The van der Waals surface area contributed by atoms with E-state index in [1.54, 1.807) is 0 Å². The largest absolute Gasteiger partial charge is 0.494 e. The number of nitrogens with two attached hydrogens (primary N) is 1. The van der Waals surface area contributed by atoms with E-state index in [2.05, 4.69) is 13.0 Å². The molecule has 0 aliphatic heterocycles. The molecule has 1 aromatic rings. The molecule has 0 aliphatic carbocycles. The smallest absolute Gasteiger partial charge is 0.119 e. The average molecular weight is 237 g/mol. The van der Waals surface area contributed by atoms with Crippen molar-refractivity contribution in [2.24, 2.45) is 5.73 Å². The second kappa shape index (κ2) is 8.09. The Hall–Kier alpha value is -1.06. The highest BCUT2D eigenvalue weighted by molar-refractivity contribution is 5.27. The quantitative estimate of drug-likeness (QED) is 0.707. The molecule has 0 heterocycles. The maximum absolute atomic E-state index is 5.64. The maximum atomic E-state index is 5.64. The van der Waals surface area contributed by atoms with Gasteiger partial charge < -0.3 is 15.2 Å². The fourth-order valence-corrected chi connectivity index (χ4v) is 1.45. The van der Waals surface area contributed by atoms with E-state index in [-0.39, 0.29) is 6.10 Å². The van der Waals surface area contributed by atoms with E-state index in [1.165, 1.54) is 5.56 Å². The van der Waals surface area contributed by atoms with Gasteiger partial charge in [-0.2, -0.15) is 0 Å². The number of ether oxygens (including phenoxy) is 2. The predicted octanol–water partition coefficient (Wildman–Crippen LogP) is 2.52. The molecule has 96 valence electrons. The van der Waals surface area contributed by atoms with Gasteiger partial charge in [-0.05, 0) is 44.4 Å². The molecule has 0 aromatic heterocycles. The van der Waals surface area contributed by atoms with Crippen LogP contribution in [-0.2, 0) is 4.74 Å². The molecule has 1 atom stereocenters. The Morgan fingerprint density at radius 2 is 2.00 bits per heavy atom. The van der Waals surface area contributed by atoms with Crippen molar-refractivity contribution in [1.29, 1.82) is 0 Å². The van der Waals surface area contributed by atoms with Gasteiger partial charge in [0, 0.05) is 13.2 Å². The number of hydrogen-bond acceptors (Lipinski definition) is 3. The summed E-state index contributed by atoms with van der Waals surface area (Å²) >= 11 is 0. The lowest BCUT2D eigenvalue weighted by Crippen LogP contribution is -2.20. The first-order chi connectivity index (χ1) is 8.22. The number of benzene rings is 1. The molecule has 0 spiro atoms. The highest BCUT2D eigenvalue weighted by Crippen LogP contribution is 2.12. The van der Waals surface area contributed by atoms with Crippen LogP contribution in [0.5, 0.6) is 5.75 Å². The van der Waals surface area contributed by atoms with Gasteiger partial charge in [-0.15, -0.1) is 0 Å². The van der Waals surface area contributed by atoms with Crippen LogP contribution in [0.3, 0.4) is 0 Å². The van der Waals surface area contributed by atoms with Crippen LogP contribution < -0.4 is 10.5 Å². The van der Waals surface area contributed by atoms with Gasteiger partial charge in [-0.25, -0.2) is 0 Å². The van der Waals surface area contributed by atoms with Crippen molar-refractivity contribution in [2.75, 3.05) is 19.8 Å². The average Bonchev–Trinajstić information content (AvgIpc) is 2.33. The van der Waals surface area contributed by atoms with Gasteiger partial charge in [-0.3, -0.25) is 0 Å². The third-order valence-electron chi connectivity index (χ3n) is 2.53. The van der Waals surface area contributed by atoms with Crippen molar-refractivity contribution in [1.82, 2.24) is 0 Å². The SMILES string of the molecule is Cc1cccc(OCCCCOC(C)CN)c1. The fraction of sp³-hybridized carbons (Fsp3) is 0.571. The normalized spacial score (nSPS) is 12.4. The highest BCUT2D eigenvalue weighted by Gasteiger charge is 1.98. The van der Waals surface area contributed by atoms with Crippen molar-refractivity contribution in [3.63, 3.8) is 0 Å². The number of rotatable bonds is 8. The summed E-state index contributed by atoms with van der Waals surface area (Å²) in [6.45, 7) is 6.14. The van der Waals surface area contributed by atoms with Crippen LogP contribution in [0.15, 0.2) is 24.3 Å². The maximum Gasteiger partial charge on any atom is 0.119 e. The summed E-state index contributed by atoms with van der Waals surface area (Å²) in [5.41, 5.74) is 6.68. The minimum Gasteiger partial charge on any atom is -0.494 e. The third-order valence-corrected chi connectivity index (χ3v) is 2.53. The summed E-state index contributed by atoms with van der Waals surface area (Å²) < 4.78 is 11.1. The van der Waals surface area contributed by atoms with E-state index in [1.807, 2.05) is 25.1 Å². The molecule has 0 radical (unpaired) electrons. The van der Waals surface area contributed by atoms with E-state index in [4.69, 9.17) is 15.2 Å². The lowest BCUT2D eigenvalue weighted by molar-refractivity contribution is 0.0672. The van der Waals surface area contributed by atoms with Crippen LogP contribution in [0.1, 0.15) is 25.3 Å². The van der Waals surface area contributed by atoms with E-state index >= 15 is 0 Å². The topological polar surface area (TPSA) is 44.5 Å². The van der Waals surface area contributed by atoms with Gasteiger partial charge in [0.1, 0.15) is 5.75 Å². The fourth-order valence-electron chi connectivity index (χ4n) is 1.45. The number of unbranched alkanes of at least 4 members (excludes halogenated alkanes) is 1. The van der Waals surface area contributed by atoms with E-state index < -0.39 is 0 Å². The van der Waals surface area contributed by atoms with Gasteiger partial charge >= 0.3 is 0 Å². The van der Waals surface area contributed by atoms with Crippen molar-refractivity contribution < 1.29 is 9.47 Å². The second-order valence-corrected chi connectivity index (χ2v) is 4.29. The molecule has 0 aliphatic rings. The highest BCUT2D eigenvalue weighted by atomic mass is 16.5. The Morgan fingerprint density at radius 3 is 2.71 bits per heavy atom. The first-order valence-electron chi connectivity index (χ1n) is 6.23. The van der Waals surface area contributed by atoms with Crippen LogP contribution in [0.4, 0.5) is 0 Å². The summed E-state index contributed by atoms with van der Waals surface area (Å²) in [5, 5.41) is 0. The molecule has 1 rings (SSSR count). The molecule has 0 saturated carbocycles.